The van der Waals surface area contributed by atoms with Crippen molar-refractivity contribution in [3.8, 4) is 0 Å². The van der Waals surface area contributed by atoms with E-state index in [9.17, 15) is 14.9 Å². The third-order valence-electron chi connectivity index (χ3n) is 3.48. The standard InChI is InChI=1S/C15H18N4O3/c1-9-5-6-13(10(2)7-9)16-14(20)8-18-12(4)15(19(21)22)11(3)17-18/h5-7H,8H2,1-4H3,(H,16,20). The zero-order valence-electron chi connectivity index (χ0n) is 13.0. The number of hydrogen-bond donors (Lipinski definition) is 1. The van der Waals surface area contributed by atoms with E-state index in [1.54, 1.807) is 13.8 Å². The summed E-state index contributed by atoms with van der Waals surface area (Å²) in [7, 11) is 0. The number of nitrogens with one attached hydrogen (secondary N) is 1. The molecule has 7 heteroatoms. The Labute approximate surface area is 128 Å². The quantitative estimate of drug-likeness (QED) is 0.694. The molecule has 1 aromatic carbocycles. The van der Waals surface area contributed by atoms with Crippen molar-refractivity contribution in [3.63, 3.8) is 0 Å². The van der Waals surface area contributed by atoms with E-state index in [0.717, 1.165) is 16.8 Å². The number of amides is 1. The van der Waals surface area contributed by atoms with E-state index in [-0.39, 0.29) is 18.1 Å². The zero-order valence-corrected chi connectivity index (χ0v) is 13.0. The van der Waals surface area contributed by atoms with Crippen LogP contribution in [0.3, 0.4) is 0 Å². The fourth-order valence-electron chi connectivity index (χ4n) is 2.39. The number of nitrogens with zero attached hydrogens (tertiary/aromatic N) is 3. The maximum Gasteiger partial charge on any atom is 0.312 e. The minimum atomic E-state index is -0.476. The van der Waals surface area contributed by atoms with Gasteiger partial charge in [-0.15, -0.1) is 0 Å². The molecule has 1 amide bonds. The summed E-state index contributed by atoms with van der Waals surface area (Å²) in [6.45, 7) is 6.98. The van der Waals surface area contributed by atoms with Crippen LogP contribution in [0.2, 0.25) is 0 Å². The lowest BCUT2D eigenvalue weighted by molar-refractivity contribution is -0.386. The Hall–Kier alpha value is -2.70. The smallest absolute Gasteiger partial charge is 0.312 e. The maximum absolute atomic E-state index is 12.1. The van der Waals surface area contributed by atoms with Crippen LogP contribution in [0, 0.1) is 37.8 Å². The molecule has 2 aromatic rings. The van der Waals surface area contributed by atoms with Crippen molar-refractivity contribution in [2.75, 3.05) is 5.32 Å². The zero-order chi connectivity index (χ0) is 16.4. The van der Waals surface area contributed by atoms with Crippen LogP contribution >= 0.6 is 0 Å². The van der Waals surface area contributed by atoms with Gasteiger partial charge in [-0.2, -0.15) is 5.10 Å². The van der Waals surface area contributed by atoms with Crippen molar-refractivity contribution in [1.82, 2.24) is 9.78 Å². The largest absolute Gasteiger partial charge is 0.324 e. The van der Waals surface area contributed by atoms with E-state index >= 15 is 0 Å². The Morgan fingerprint density at radius 2 is 2.00 bits per heavy atom. The van der Waals surface area contributed by atoms with Gasteiger partial charge in [0.15, 0.2) is 0 Å². The molecule has 2 rings (SSSR count). The van der Waals surface area contributed by atoms with Crippen molar-refractivity contribution in [3.05, 3.63) is 50.8 Å². The van der Waals surface area contributed by atoms with Crippen molar-refractivity contribution < 1.29 is 9.72 Å². The number of aryl methyl sites for hydroxylation is 3. The molecular formula is C15H18N4O3. The van der Waals surface area contributed by atoms with Crippen molar-refractivity contribution in [1.29, 1.82) is 0 Å². The van der Waals surface area contributed by atoms with Crippen LogP contribution in [0.1, 0.15) is 22.5 Å². The Morgan fingerprint density at radius 3 is 2.55 bits per heavy atom. The second-order valence-corrected chi connectivity index (χ2v) is 5.30. The van der Waals surface area contributed by atoms with Crippen LogP contribution in [0.4, 0.5) is 11.4 Å². The number of aromatic nitrogens is 2. The first kappa shape index (κ1) is 15.7. The summed E-state index contributed by atoms with van der Waals surface area (Å²) in [5.74, 6) is -0.271. The molecule has 1 N–H and O–H groups in total. The number of rotatable bonds is 4. The lowest BCUT2D eigenvalue weighted by atomic mass is 10.1. The van der Waals surface area contributed by atoms with Crippen LogP contribution in [0.15, 0.2) is 18.2 Å². The summed E-state index contributed by atoms with van der Waals surface area (Å²) in [6.07, 6.45) is 0. The molecule has 22 heavy (non-hydrogen) atoms. The highest BCUT2D eigenvalue weighted by Crippen LogP contribution is 2.22. The van der Waals surface area contributed by atoms with Crippen LogP contribution in [-0.4, -0.2) is 20.6 Å². The topological polar surface area (TPSA) is 90.1 Å². The van der Waals surface area contributed by atoms with Crippen LogP contribution in [0.25, 0.3) is 0 Å². The molecule has 0 aliphatic rings. The average Bonchev–Trinajstić information content (AvgIpc) is 2.67. The van der Waals surface area contributed by atoms with Crippen molar-refractivity contribution >= 4 is 17.3 Å². The van der Waals surface area contributed by atoms with Gasteiger partial charge in [-0.05, 0) is 39.3 Å². The predicted octanol–water partition coefficient (Wildman–Crippen LogP) is 2.66. The molecule has 0 saturated carbocycles. The summed E-state index contributed by atoms with van der Waals surface area (Å²) in [5, 5.41) is 17.8. The van der Waals surface area contributed by atoms with Gasteiger partial charge in [-0.1, -0.05) is 17.7 Å². The molecule has 1 heterocycles. The molecule has 0 unspecified atom stereocenters. The van der Waals surface area contributed by atoms with Gasteiger partial charge in [-0.3, -0.25) is 19.6 Å². The van der Waals surface area contributed by atoms with E-state index in [4.69, 9.17) is 0 Å². The monoisotopic (exact) mass is 302 g/mol. The summed E-state index contributed by atoms with van der Waals surface area (Å²) < 4.78 is 1.35. The first-order chi connectivity index (χ1) is 10.3. The SMILES string of the molecule is Cc1ccc(NC(=O)Cn2nc(C)c([N+](=O)[O-])c2C)c(C)c1. The molecule has 7 nitrogen and oxygen atoms in total. The molecular weight excluding hydrogens is 284 g/mol. The van der Waals surface area contributed by atoms with Gasteiger partial charge in [0.05, 0.1) is 4.92 Å². The molecule has 1 aromatic heterocycles. The van der Waals surface area contributed by atoms with E-state index < -0.39 is 4.92 Å². The summed E-state index contributed by atoms with van der Waals surface area (Å²) in [6, 6.07) is 5.73. The van der Waals surface area contributed by atoms with Gasteiger partial charge in [0, 0.05) is 5.69 Å². The Bertz CT molecular complexity index is 749. The number of carbonyl (C=O) groups excluding carboxylic acids is 1. The van der Waals surface area contributed by atoms with E-state index in [1.807, 2.05) is 32.0 Å². The molecule has 0 atom stereocenters. The van der Waals surface area contributed by atoms with Gasteiger partial charge >= 0.3 is 5.69 Å². The highest BCUT2D eigenvalue weighted by molar-refractivity contribution is 5.91. The maximum atomic E-state index is 12.1. The molecule has 116 valence electrons. The highest BCUT2D eigenvalue weighted by atomic mass is 16.6. The number of nitro groups is 1. The molecule has 0 fully saturated rings. The normalized spacial score (nSPS) is 10.5. The first-order valence-electron chi connectivity index (χ1n) is 6.85. The van der Waals surface area contributed by atoms with Gasteiger partial charge in [0.25, 0.3) is 0 Å². The van der Waals surface area contributed by atoms with Gasteiger partial charge in [-0.25, -0.2) is 0 Å². The molecule has 0 bridgehead atoms. The van der Waals surface area contributed by atoms with Crippen LogP contribution in [0.5, 0.6) is 0 Å². The summed E-state index contributed by atoms with van der Waals surface area (Å²) in [5.41, 5.74) is 3.45. The fourth-order valence-corrected chi connectivity index (χ4v) is 2.39. The molecule has 0 saturated heterocycles. The van der Waals surface area contributed by atoms with Gasteiger partial charge in [0.2, 0.25) is 5.91 Å². The number of anilines is 1. The summed E-state index contributed by atoms with van der Waals surface area (Å²) in [4.78, 5) is 22.6. The lowest BCUT2D eigenvalue weighted by Gasteiger charge is -2.09. The second-order valence-electron chi connectivity index (χ2n) is 5.30. The van der Waals surface area contributed by atoms with E-state index in [0.29, 0.717) is 11.4 Å². The Morgan fingerprint density at radius 1 is 1.32 bits per heavy atom. The molecule has 0 spiro atoms. The number of benzene rings is 1. The van der Waals surface area contributed by atoms with E-state index in [2.05, 4.69) is 10.4 Å². The van der Waals surface area contributed by atoms with Crippen LogP contribution in [-0.2, 0) is 11.3 Å². The second kappa shape index (κ2) is 5.97. The van der Waals surface area contributed by atoms with Crippen LogP contribution < -0.4 is 5.32 Å². The Kier molecular flexibility index (Phi) is 4.25. The predicted molar refractivity (Wildman–Crippen MR) is 82.9 cm³/mol. The van der Waals surface area contributed by atoms with Crippen molar-refractivity contribution in [2.24, 2.45) is 0 Å². The minimum absolute atomic E-state index is 0.0423. The lowest BCUT2D eigenvalue weighted by Crippen LogP contribution is -2.20. The third-order valence-corrected chi connectivity index (χ3v) is 3.48. The van der Waals surface area contributed by atoms with Gasteiger partial charge in [0.1, 0.15) is 17.9 Å². The summed E-state index contributed by atoms with van der Waals surface area (Å²) >= 11 is 0. The number of hydrogen-bond acceptors (Lipinski definition) is 4. The molecule has 0 aliphatic carbocycles. The van der Waals surface area contributed by atoms with Gasteiger partial charge < -0.3 is 5.32 Å². The minimum Gasteiger partial charge on any atom is -0.324 e. The average molecular weight is 302 g/mol. The first-order valence-corrected chi connectivity index (χ1v) is 6.85. The highest BCUT2D eigenvalue weighted by Gasteiger charge is 2.22. The number of carbonyl (C=O) groups is 1. The Balaban J connectivity index is 2.16. The van der Waals surface area contributed by atoms with Crippen molar-refractivity contribution in [2.45, 2.75) is 34.2 Å². The fraction of sp³-hybridized carbons (Fsp3) is 0.333. The molecule has 0 radical (unpaired) electrons. The third kappa shape index (κ3) is 3.13. The van der Waals surface area contributed by atoms with E-state index in [1.165, 1.54) is 4.68 Å². The molecule has 0 aliphatic heterocycles.